The SMILES string of the molecule is O=C(NCCn1nc(-c2cccs2)n(C2CC2)c1=O)C12CC3CC(CC(C3)C1)C2. The van der Waals surface area contributed by atoms with Crippen LogP contribution in [0.25, 0.3) is 10.7 Å². The minimum Gasteiger partial charge on any atom is -0.354 e. The van der Waals surface area contributed by atoms with E-state index in [2.05, 4.69) is 10.4 Å². The maximum atomic E-state index is 13.1. The van der Waals surface area contributed by atoms with Gasteiger partial charge in [-0.05, 0) is 80.6 Å². The van der Waals surface area contributed by atoms with Crippen LogP contribution in [0.15, 0.2) is 22.3 Å². The second-order valence-corrected chi connectivity index (χ2v) is 10.8. The lowest BCUT2D eigenvalue weighted by Gasteiger charge is -2.55. The molecule has 29 heavy (non-hydrogen) atoms. The van der Waals surface area contributed by atoms with Gasteiger partial charge in [0.25, 0.3) is 0 Å². The molecule has 2 aromatic rings. The van der Waals surface area contributed by atoms with Crippen LogP contribution in [-0.2, 0) is 11.3 Å². The number of amides is 1. The molecule has 154 valence electrons. The number of carbonyl (C=O) groups is 1. The topological polar surface area (TPSA) is 68.9 Å². The molecule has 5 aliphatic carbocycles. The Kier molecular flexibility index (Phi) is 4.05. The number of hydrogen-bond acceptors (Lipinski definition) is 4. The molecule has 5 aliphatic rings. The summed E-state index contributed by atoms with van der Waals surface area (Å²) in [6.45, 7) is 0.918. The molecule has 6 nitrogen and oxygen atoms in total. The van der Waals surface area contributed by atoms with Crippen LogP contribution in [0, 0.1) is 23.2 Å². The van der Waals surface area contributed by atoms with E-state index in [-0.39, 0.29) is 23.1 Å². The fourth-order valence-corrected chi connectivity index (χ4v) is 7.36. The third kappa shape index (κ3) is 3.00. The summed E-state index contributed by atoms with van der Waals surface area (Å²) in [4.78, 5) is 27.1. The molecule has 0 aliphatic heterocycles. The maximum absolute atomic E-state index is 13.1. The fraction of sp³-hybridized carbons (Fsp3) is 0.682. The lowest BCUT2D eigenvalue weighted by Crippen LogP contribution is -2.54. The van der Waals surface area contributed by atoms with Crippen LogP contribution in [-0.4, -0.2) is 26.8 Å². The summed E-state index contributed by atoms with van der Waals surface area (Å²) in [6.07, 6.45) is 9.33. The summed E-state index contributed by atoms with van der Waals surface area (Å²) in [6, 6.07) is 4.30. The summed E-state index contributed by atoms with van der Waals surface area (Å²) in [5.74, 6) is 3.29. The fourth-order valence-electron chi connectivity index (χ4n) is 6.65. The molecule has 0 radical (unpaired) electrons. The smallest absolute Gasteiger partial charge is 0.346 e. The Morgan fingerprint density at radius 2 is 1.86 bits per heavy atom. The van der Waals surface area contributed by atoms with Crippen molar-refractivity contribution in [2.75, 3.05) is 6.54 Å². The van der Waals surface area contributed by atoms with Gasteiger partial charge in [-0.25, -0.2) is 9.48 Å². The van der Waals surface area contributed by atoms with Crippen molar-refractivity contribution in [3.05, 3.63) is 28.0 Å². The van der Waals surface area contributed by atoms with Crippen LogP contribution in [0.4, 0.5) is 0 Å². The van der Waals surface area contributed by atoms with E-state index in [9.17, 15) is 9.59 Å². The molecule has 7 rings (SSSR count). The highest BCUT2D eigenvalue weighted by Crippen LogP contribution is 2.60. The van der Waals surface area contributed by atoms with Gasteiger partial charge in [-0.3, -0.25) is 9.36 Å². The van der Waals surface area contributed by atoms with Crippen LogP contribution < -0.4 is 11.0 Å². The van der Waals surface area contributed by atoms with E-state index < -0.39 is 0 Å². The predicted molar refractivity (Wildman–Crippen MR) is 112 cm³/mol. The van der Waals surface area contributed by atoms with Crippen molar-refractivity contribution < 1.29 is 4.79 Å². The molecular formula is C22H28N4O2S. The Morgan fingerprint density at radius 3 is 2.45 bits per heavy atom. The largest absolute Gasteiger partial charge is 0.354 e. The van der Waals surface area contributed by atoms with E-state index >= 15 is 0 Å². The van der Waals surface area contributed by atoms with Crippen molar-refractivity contribution in [3.63, 3.8) is 0 Å². The van der Waals surface area contributed by atoms with Crippen LogP contribution in [0.1, 0.15) is 57.4 Å². The Hall–Kier alpha value is -1.89. The van der Waals surface area contributed by atoms with Gasteiger partial charge < -0.3 is 5.32 Å². The molecule has 0 spiro atoms. The lowest BCUT2D eigenvalue weighted by molar-refractivity contribution is -0.146. The molecule has 2 aromatic heterocycles. The third-order valence-corrected chi connectivity index (χ3v) is 8.52. The highest BCUT2D eigenvalue weighted by atomic mass is 32.1. The average molecular weight is 413 g/mol. The summed E-state index contributed by atoms with van der Waals surface area (Å²) < 4.78 is 3.40. The molecule has 0 aromatic carbocycles. The molecule has 0 saturated heterocycles. The summed E-state index contributed by atoms with van der Waals surface area (Å²) in [5, 5.41) is 9.82. The van der Waals surface area contributed by atoms with Gasteiger partial charge in [-0.2, -0.15) is 0 Å². The molecule has 5 saturated carbocycles. The first-order valence-corrected chi connectivity index (χ1v) is 12.0. The first kappa shape index (κ1) is 17.9. The molecule has 0 atom stereocenters. The Labute approximate surface area is 174 Å². The van der Waals surface area contributed by atoms with Gasteiger partial charge in [0.15, 0.2) is 5.82 Å². The summed E-state index contributed by atoms with van der Waals surface area (Å²) >= 11 is 1.61. The van der Waals surface area contributed by atoms with E-state index in [1.165, 1.54) is 19.3 Å². The molecule has 2 heterocycles. The normalized spacial score (nSPS) is 32.6. The Bertz CT molecular complexity index is 950. The molecular weight excluding hydrogens is 384 g/mol. The number of carbonyl (C=O) groups excluding carboxylic acids is 1. The van der Waals surface area contributed by atoms with E-state index in [1.54, 1.807) is 16.0 Å². The van der Waals surface area contributed by atoms with Crippen LogP contribution in [0.5, 0.6) is 0 Å². The van der Waals surface area contributed by atoms with Crippen molar-refractivity contribution in [2.45, 2.75) is 64.0 Å². The van der Waals surface area contributed by atoms with E-state index in [0.717, 1.165) is 60.6 Å². The van der Waals surface area contributed by atoms with Gasteiger partial charge in [-0.1, -0.05) is 6.07 Å². The van der Waals surface area contributed by atoms with Crippen LogP contribution in [0.3, 0.4) is 0 Å². The van der Waals surface area contributed by atoms with Gasteiger partial charge in [0.1, 0.15) is 0 Å². The van der Waals surface area contributed by atoms with Crippen LogP contribution in [0.2, 0.25) is 0 Å². The minimum absolute atomic E-state index is 0.0417. The summed E-state index contributed by atoms with van der Waals surface area (Å²) in [7, 11) is 0. The monoisotopic (exact) mass is 412 g/mol. The highest BCUT2D eigenvalue weighted by molar-refractivity contribution is 7.13. The van der Waals surface area contributed by atoms with Gasteiger partial charge in [0.2, 0.25) is 5.91 Å². The van der Waals surface area contributed by atoms with Gasteiger partial charge in [0, 0.05) is 18.0 Å². The van der Waals surface area contributed by atoms with E-state index in [0.29, 0.717) is 13.1 Å². The zero-order valence-corrected chi connectivity index (χ0v) is 17.5. The van der Waals surface area contributed by atoms with Crippen molar-refractivity contribution in [2.24, 2.45) is 23.2 Å². The minimum atomic E-state index is -0.130. The molecule has 1 amide bonds. The van der Waals surface area contributed by atoms with Gasteiger partial charge >= 0.3 is 5.69 Å². The molecule has 4 bridgehead atoms. The number of rotatable bonds is 6. The second-order valence-electron chi connectivity index (χ2n) is 9.86. The van der Waals surface area contributed by atoms with Crippen molar-refractivity contribution >= 4 is 17.2 Å². The second kappa shape index (κ2) is 6.56. The number of thiophene rings is 1. The standard InChI is InChI=1S/C22H28N4O2S/c27-20(22-11-14-8-15(12-22)10-16(9-14)13-22)23-5-6-25-21(28)26(17-3-4-17)19(24-25)18-2-1-7-29-18/h1-2,7,14-17H,3-6,8-13H2,(H,23,27). The quantitative estimate of drug-likeness (QED) is 0.790. The molecule has 5 fully saturated rings. The molecule has 7 heteroatoms. The zero-order chi connectivity index (χ0) is 19.6. The predicted octanol–water partition coefficient (Wildman–Crippen LogP) is 3.44. The van der Waals surface area contributed by atoms with Gasteiger partial charge in [-0.15, -0.1) is 16.4 Å². The highest BCUT2D eigenvalue weighted by Gasteiger charge is 2.54. The summed E-state index contributed by atoms with van der Waals surface area (Å²) in [5.41, 5.74) is -0.171. The van der Waals surface area contributed by atoms with E-state index in [1.807, 2.05) is 22.1 Å². The Balaban J connectivity index is 1.16. The zero-order valence-electron chi connectivity index (χ0n) is 16.7. The van der Waals surface area contributed by atoms with Crippen molar-refractivity contribution in [1.29, 1.82) is 0 Å². The Morgan fingerprint density at radius 1 is 1.17 bits per heavy atom. The number of nitrogens with one attached hydrogen (secondary N) is 1. The van der Waals surface area contributed by atoms with Gasteiger partial charge in [0.05, 0.1) is 11.4 Å². The number of hydrogen-bond donors (Lipinski definition) is 1. The van der Waals surface area contributed by atoms with Crippen molar-refractivity contribution in [3.8, 4) is 10.7 Å². The maximum Gasteiger partial charge on any atom is 0.346 e. The first-order valence-electron chi connectivity index (χ1n) is 11.1. The third-order valence-electron chi connectivity index (χ3n) is 7.65. The van der Waals surface area contributed by atoms with Crippen LogP contribution >= 0.6 is 11.3 Å². The number of nitrogens with zero attached hydrogens (tertiary/aromatic N) is 3. The number of aromatic nitrogens is 3. The average Bonchev–Trinajstić information content (AvgIpc) is 3.26. The lowest BCUT2D eigenvalue weighted by atomic mass is 9.49. The first-order chi connectivity index (χ1) is 14.1. The molecule has 1 N–H and O–H groups in total. The van der Waals surface area contributed by atoms with Crippen molar-refractivity contribution in [1.82, 2.24) is 19.7 Å². The van der Waals surface area contributed by atoms with E-state index in [4.69, 9.17) is 0 Å². The molecule has 0 unspecified atom stereocenters.